The molecule has 0 amide bonds. The summed E-state index contributed by atoms with van der Waals surface area (Å²) >= 11 is 0. The van der Waals surface area contributed by atoms with Crippen molar-refractivity contribution < 1.29 is 23.7 Å². The second-order valence-electron chi connectivity index (χ2n) is 11.1. The van der Waals surface area contributed by atoms with E-state index >= 15 is 0 Å². The fourth-order valence-corrected chi connectivity index (χ4v) is 7.32. The van der Waals surface area contributed by atoms with Crippen molar-refractivity contribution in [1.82, 2.24) is 0 Å². The average Bonchev–Trinajstić information content (AvgIpc) is 3.39. The molecule has 0 bridgehead atoms. The van der Waals surface area contributed by atoms with Crippen molar-refractivity contribution in [2.75, 3.05) is 6.61 Å². The van der Waals surface area contributed by atoms with E-state index in [0.29, 0.717) is 25.0 Å². The van der Waals surface area contributed by atoms with Gasteiger partial charge in [-0.25, -0.2) is 0 Å². The highest BCUT2D eigenvalue weighted by molar-refractivity contribution is 5.96. The Balaban J connectivity index is 1.47. The fourth-order valence-electron chi connectivity index (χ4n) is 7.32. The topological polar surface area (TPSA) is 54.0 Å². The molecule has 0 aromatic heterocycles. The number of Topliss-reactive ketones (excluding diaryl/α,β-unsaturated/α-hetero) is 1. The molecule has 3 aliphatic heterocycles. The zero-order valence-corrected chi connectivity index (χ0v) is 23.4. The lowest BCUT2D eigenvalue weighted by atomic mass is 9.64. The van der Waals surface area contributed by atoms with Crippen molar-refractivity contribution in [3.63, 3.8) is 0 Å². The normalized spacial score (nSPS) is 29.2. The summed E-state index contributed by atoms with van der Waals surface area (Å²) in [5.74, 6) is -1.06. The Morgan fingerprint density at radius 2 is 1.37 bits per heavy atom. The Kier molecular flexibility index (Phi) is 6.44. The second-order valence-corrected chi connectivity index (χ2v) is 11.1. The average molecular weight is 547 g/mol. The summed E-state index contributed by atoms with van der Waals surface area (Å²) < 4.78 is 27.4. The minimum absolute atomic E-state index is 0.102. The maximum atomic E-state index is 13.9. The highest BCUT2D eigenvalue weighted by atomic mass is 16.8. The van der Waals surface area contributed by atoms with E-state index in [-0.39, 0.29) is 23.5 Å². The third-order valence-electron chi connectivity index (χ3n) is 9.02. The summed E-state index contributed by atoms with van der Waals surface area (Å²) in [6.07, 6.45) is 0.456. The molecular formula is C36H34O5. The van der Waals surface area contributed by atoms with Crippen LogP contribution in [0.1, 0.15) is 65.6 Å². The van der Waals surface area contributed by atoms with Crippen molar-refractivity contribution in [1.29, 1.82) is 0 Å². The number of carbonyl (C=O) groups is 1. The first-order chi connectivity index (χ1) is 20.1. The summed E-state index contributed by atoms with van der Waals surface area (Å²) in [6, 6.07) is 36.0. The Bertz CT molecular complexity index is 1550. The second kappa shape index (κ2) is 10.2. The highest BCUT2D eigenvalue weighted by Crippen LogP contribution is 2.66. The summed E-state index contributed by atoms with van der Waals surface area (Å²) in [5.41, 5.74) is 3.72. The molecule has 0 unspecified atom stereocenters. The third-order valence-corrected chi connectivity index (χ3v) is 9.02. The van der Waals surface area contributed by atoms with Crippen LogP contribution in [0.3, 0.4) is 0 Å². The molecule has 0 spiro atoms. The lowest BCUT2D eigenvalue weighted by Crippen LogP contribution is -2.54. The molecule has 3 heterocycles. The Labute approximate surface area is 241 Å². The smallest absolute Gasteiger partial charge is 0.242 e. The van der Waals surface area contributed by atoms with Crippen molar-refractivity contribution in [3.05, 3.63) is 131 Å². The zero-order valence-electron chi connectivity index (χ0n) is 23.4. The Morgan fingerprint density at radius 3 is 2.05 bits per heavy atom. The number of ketones is 1. The molecule has 0 saturated carbocycles. The van der Waals surface area contributed by atoms with Gasteiger partial charge in [-0.3, -0.25) is 4.79 Å². The van der Waals surface area contributed by atoms with Crippen LogP contribution in [0.5, 0.6) is 11.5 Å². The highest BCUT2D eigenvalue weighted by Gasteiger charge is 2.70. The third kappa shape index (κ3) is 4.02. The number of hydrogen-bond acceptors (Lipinski definition) is 5. The lowest BCUT2D eigenvalue weighted by Gasteiger charge is -2.46. The predicted molar refractivity (Wildman–Crippen MR) is 156 cm³/mol. The SMILES string of the molecule is CCO[C@@]1(CC)Oc2ccccc2[C@@H]2[C@H]3[C@H](CC(=O)c4ccccc4)c4ccccc4O[C@@]3(c3ccccc3)O[C@@H]21. The van der Waals surface area contributed by atoms with Crippen LogP contribution in [-0.2, 0) is 15.3 Å². The quantitative estimate of drug-likeness (QED) is 0.223. The van der Waals surface area contributed by atoms with E-state index in [1.54, 1.807) is 0 Å². The van der Waals surface area contributed by atoms with E-state index < -0.39 is 17.7 Å². The first-order valence-electron chi connectivity index (χ1n) is 14.6. The predicted octanol–water partition coefficient (Wildman–Crippen LogP) is 7.62. The van der Waals surface area contributed by atoms with Crippen LogP contribution < -0.4 is 9.47 Å². The molecular weight excluding hydrogens is 512 g/mol. The van der Waals surface area contributed by atoms with Gasteiger partial charge in [0.25, 0.3) is 0 Å². The van der Waals surface area contributed by atoms with Gasteiger partial charge in [0.2, 0.25) is 11.6 Å². The van der Waals surface area contributed by atoms with Crippen LogP contribution in [-0.4, -0.2) is 24.3 Å². The van der Waals surface area contributed by atoms with Crippen molar-refractivity contribution in [2.45, 2.75) is 56.2 Å². The molecule has 4 aromatic rings. The van der Waals surface area contributed by atoms with Gasteiger partial charge >= 0.3 is 0 Å². The maximum absolute atomic E-state index is 13.9. The Hall–Kier alpha value is -3.93. The summed E-state index contributed by atoms with van der Waals surface area (Å²) in [7, 11) is 0. The molecule has 7 rings (SSSR count). The molecule has 41 heavy (non-hydrogen) atoms. The van der Waals surface area contributed by atoms with Gasteiger partial charge in [0.15, 0.2) is 5.78 Å². The monoisotopic (exact) mass is 546 g/mol. The van der Waals surface area contributed by atoms with Crippen LogP contribution >= 0.6 is 0 Å². The molecule has 1 saturated heterocycles. The molecule has 6 atom stereocenters. The van der Waals surface area contributed by atoms with Crippen LogP contribution in [0, 0.1) is 5.92 Å². The molecule has 0 aliphatic carbocycles. The molecule has 208 valence electrons. The Morgan fingerprint density at radius 1 is 0.756 bits per heavy atom. The minimum Gasteiger partial charge on any atom is -0.459 e. The number of fused-ring (bicyclic) bond motifs is 6. The number of para-hydroxylation sites is 2. The number of carbonyl (C=O) groups excluding carboxylic acids is 1. The van der Waals surface area contributed by atoms with Gasteiger partial charge in [0.05, 0.1) is 0 Å². The van der Waals surface area contributed by atoms with Gasteiger partial charge in [-0.05, 0) is 24.6 Å². The molecule has 0 N–H and O–H groups in total. The lowest BCUT2D eigenvalue weighted by molar-refractivity contribution is -0.295. The largest absolute Gasteiger partial charge is 0.459 e. The van der Waals surface area contributed by atoms with Gasteiger partial charge in [-0.15, -0.1) is 0 Å². The molecule has 5 nitrogen and oxygen atoms in total. The summed E-state index contributed by atoms with van der Waals surface area (Å²) in [5, 5.41) is 0. The van der Waals surface area contributed by atoms with Gasteiger partial charge in [0, 0.05) is 53.9 Å². The van der Waals surface area contributed by atoms with E-state index in [4.69, 9.17) is 18.9 Å². The van der Waals surface area contributed by atoms with Gasteiger partial charge in [0.1, 0.15) is 17.6 Å². The molecule has 3 aliphatic rings. The number of ether oxygens (including phenoxy) is 4. The molecule has 1 fully saturated rings. The summed E-state index contributed by atoms with van der Waals surface area (Å²) in [4.78, 5) is 13.9. The zero-order chi connectivity index (χ0) is 28.0. The fraction of sp³-hybridized carbons (Fsp3) is 0.306. The first kappa shape index (κ1) is 26.0. The van der Waals surface area contributed by atoms with E-state index in [1.807, 2.05) is 91.9 Å². The van der Waals surface area contributed by atoms with Gasteiger partial charge < -0.3 is 18.9 Å². The van der Waals surface area contributed by atoms with Gasteiger partial charge in [-0.1, -0.05) is 104 Å². The molecule has 0 radical (unpaired) electrons. The summed E-state index contributed by atoms with van der Waals surface area (Å²) in [6.45, 7) is 4.54. The minimum atomic E-state index is -1.15. The van der Waals surface area contributed by atoms with E-state index in [0.717, 1.165) is 28.2 Å². The van der Waals surface area contributed by atoms with E-state index in [2.05, 4.69) is 31.2 Å². The van der Waals surface area contributed by atoms with Gasteiger partial charge in [-0.2, -0.15) is 0 Å². The van der Waals surface area contributed by atoms with Crippen LogP contribution in [0.4, 0.5) is 0 Å². The molecule has 5 heteroatoms. The van der Waals surface area contributed by atoms with E-state index in [9.17, 15) is 4.79 Å². The molecule has 4 aromatic carbocycles. The number of rotatable bonds is 7. The first-order valence-corrected chi connectivity index (χ1v) is 14.6. The van der Waals surface area contributed by atoms with Crippen molar-refractivity contribution >= 4 is 5.78 Å². The van der Waals surface area contributed by atoms with Crippen LogP contribution in [0.15, 0.2) is 109 Å². The standard InChI is InChI=1S/C36H34O5/c1-3-35(38-4-2)34-32(27-20-12-14-22-31(27)39-35)33-28(23-29(37)24-15-7-5-8-16-24)26-19-11-13-21-30(26)40-36(33,41-34)25-17-9-6-10-18-25/h5-22,28,32-34H,3-4,23H2,1-2H3/t28-,32-,33-,34+,35+,36+/m1/s1. The van der Waals surface area contributed by atoms with Crippen LogP contribution in [0.25, 0.3) is 0 Å². The number of hydrogen-bond donors (Lipinski definition) is 0. The maximum Gasteiger partial charge on any atom is 0.242 e. The van der Waals surface area contributed by atoms with Crippen molar-refractivity contribution in [3.8, 4) is 11.5 Å². The van der Waals surface area contributed by atoms with E-state index in [1.165, 1.54) is 0 Å². The van der Waals surface area contributed by atoms with Crippen LogP contribution in [0.2, 0.25) is 0 Å². The van der Waals surface area contributed by atoms with Crippen molar-refractivity contribution in [2.24, 2.45) is 5.92 Å². The number of benzene rings is 4.